The van der Waals surface area contributed by atoms with Crippen LogP contribution in [-0.4, -0.2) is 24.1 Å². The third kappa shape index (κ3) is 4.27. The molecule has 0 saturated heterocycles. The number of aromatic hydroxyl groups is 1. The SMILES string of the molecule is COC(=O)c1ccc(-c2ccc(NC(=O)c3ccc(Cl)cc3O)cc2)cc1. The van der Waals surface area contributed by atoms with Crippen LogP contribution in [0.1, 0.15) is 20.7 Å². The number of halogens is 1. The molecule has 1 amide bonds. The summed E-state index contributed by atoms with van der Waals surface area (Å²) in [7, 11) is 1.34. The molecule has 0 aliphatic carbocycles. The maximum Gasteiger partial charge on any atom is 0.337 e. The smallest absolute Gasteiger partial charge is 0.337 e. The molecule has 0 radical (unpaired) electrons. The zero-order valence-electron chi connectivity index (χ0n) is 14.4. The van der Waals surface area contributed by atoms with Crippen LogP contribution in [0.4, 0.5) is 5.69 Å². The lowest BCUT2D eigenvalue weighted by molar-refractivity contribution is 0.0600. The Balaban J connectivity index is 1.73. The Morgan fingerprint density at radius 2 is 1.52 bits per heavy atom. The average Bonchev–Trinajstić information content (AvgIpc) is 2.68. The van der Waals surface area contributed by atoms with Crippen LogP contribution < -0.4 is 5.32 Å². The maximum absolute atomic E-state index is 12.3. The normalized spacial score (nSPS) is 10.3. The number of anilines is 1. The molecule has 0 aliphatic rings. The number of esters is 1. The molecule has 0 aliphatic heterocycles. The Labute approximate surface area is 161 Å². The summed E-state index contributed by atoms with van der Waals surface area (Å²) < 4.78 is 4.68. The highest BCUT2D eigenvalue weighted by molar-refractivity contribution is 6.31. The van der Waals surface area contributed by atoms with Gasteiger partial charge < -0.3 is 15.2 Å². The number of phenols is 1. The number of phenolic OH excluding ortho intramolecular Hbond substituents is 1. The van der Waals surface area contributed by atoms with Crippen LogP contribution in [0, 0.1) is 0 Å². The summed E-state index contributed by atoms with van der Waals surface area (Å²) in [5.74, 6) is -0.994. The lowest BCUT2D eigenvalue weighted by atomic mass is 10.0. The highest BCUT2D eigenvalue weighted by Gasteiger charge is 2.12. The van der Waals surface area contributed by atoms with Gasteiger partial charge in [-0.2, -0.15) is 0 Å². The van der Waals surface area contributed by atoms with Gasteiger partial charge in [0.15, 0.2) is 0 Å². The van der Waals surface area contributed by atoms with Crippen LogP contribution in [-0.2, 0) is 4.74 Å². The zero-order chi connectivity index (χ0) is 19.4. The number of carbonyl (C=O) groups is 2. The summed E-state index contributed by atoms with van der Waals surface area (Å²) in [4.78, 5) is 23.8. The molecule has 27 heavy (non-hydrogen) atoms. The molecular weight excluding hydrogens is 366 g/mol. The number of hydrogen-bond donors (Lipinski definition) is 2. The molecule has 0 bridgehead atoms. The van der Waals surface area contributed by atoms with E-state index in [1.807, 2.05) is 24.3 Å². The van der Waals surface area contributed by atoms with E-state index in [0.29, 0.717) is 16.3 Å². The van der Waals surface area contributed by atoms with Crippen molar-refractivity contribution in [2.75, 3.05) is 12.4 Å². The Morgan fingerprint density at radius 3 is 2.07 bits per heavy atom. The monoisotopic (exact) mass is 381 g/mol. The molecule has 2 N–H and O–H groups in total. The first kappa shape index (κ1) is 18.5. The van der Waals surface area contributed by atoms with Crippen LogP contribution in [0.25, 0.3) is 11.1 Å². The first-order chi connectivity index (χ1) is 13.0. The molecule has 0 fully saturated rings. The minimum Gasteiger partial charge on any atom is -0.507 e. The summed E-state index contributed by atoms with van der Waals surface area (Å²) in [5, 5.41) is 12.9. The van der Waals surface area contributed by atoms with Crippen molar-refractivity contribution in [1.29, 1.82) is 0 Å². The third-order valence-corrected chi connectivity index (χ3v) is 4.22. The molecule has 3 aromatic carbocycles. The van der Waals surface area contributed by atoms with Gasteiger partial charge in [0.1, 0.15) is 5.75 Å². The van der Waals surface area contributed by atoms with Gasteiger partial charge in [0.2, 0.25) is 0 Å². The molecule has 0 unspecified atom stereocenters. The van der Waals surface area contributed by atoms with E-state index in [0.717, 1.165) is 11.1 Å². The summed E-state index contributed by atoms with van der Waals surface area (Å²) >= 11 is 5.78. The molecule has 0 heterocycles. The van der Waals surface area contributed by atoms with Crippen LogP contribution >= 0.6 is 11.6 Å². The van der Waals surface area contributed by atoms with Gasteiger partial charge in [-0.15, -0.1) is 0 Å². The Morgan fingerprint density at radius 1 is 0.926 bits per heavy atom. The van der Waals surface area contributed by atoms with Crippen molar-refractivity contribution in [2.45, 2.75) is 0 Å². The standard InChI is InChI=1S/C21H16ClNO4/c1-27-21(26)15-4-2-13(3-5-15)14-6-9-17(10-7-14)23-20(25)18-11-8-16(22)12-19(18)24/h2-12,24H,1H3,(H,23,25). The average molecular weight is 382 g/mol. The predicted octanol–water partition coefficient (Wildman–Crippen LogP) is 4.75. The molecule has 3 aromatic rings. The Kier molecular flexibility index (Phi) is 5.43. The lowest BCUT2D eigenvalue weighted by Crippen LogP contribution is -2.11. The van der Waals surface area contributed by atoms with Crippen molar-refractivity contribution in [3.8, 4) is 16.9 Å². The van der Waals surface area contributed by atoms with Gasteiger partial charge in [-0.25, -0.2) is 4.79 Å². The molecule has 0 saturated carbocycles. The van der Waals surface area contributed by atoms with Crippen LogP contribution in [0.2, 0.25) is 5.02 Å². The van der Waals surface area contributed by atoms with E-state index in [1.54, 1.807) is 24.3 Å². The van der Waals surface area contributed by atoms with Crippen molar-refractivity contribution in [1.82, 2.24) is 0 Å². The topological polar surface area (TPSA) is 75.6 Å². The van der Waals surface area contributed by atoms with Gasteiger partial charge in [-0.3, -0.25) is 4.79 Å². The molecule has 3 rings (SSSR count). The Bertz CT molecular complexity index is 982. The van der Waals surface area contributed by atoms with E-state index in [4.69, 9.17) is 11.6 Å². The number of rotatable bonds is 4. The van der Waals surface area contributed by atoms with Gasteiger partial charge >= 0.3 is 5.97 Å². The minimum atomic E-state index is -0.431. The lowest BCUT2D eigenvalue weighted by Gasteiger charge is -2.09. The number of methoxy groups -OCH3 is 1. The van der Waals surface area contributed by atoms with Crippen LogP contribution in [0.15, 0.2) is 66.7 Å². The second kappa shape index (κ2) is 7.93. The number of hydrogen-bond acceptors (Lipinski definition) is 4. The Hall–Kier alpha value is -3.31. The first-order valence-electron chi connectivity index (χ1n) is 8.06. The molecular formula is C21H16ClNO4. The van der Waals surface area contributed by atoms with Crippen LogP contribution in [0.3, 0.4) is 0 Å². The van der Waals surface area contributed by atoms with Crippen LogP contribution in [0.5, 0.6) is 5.75 Å². The fourth-order valence-electron chi connectivity index (χ4n) is 2.56. The predicted molar refractivity (Wildman–Crippen MR) is 104 cm³/mol. The van der Waals surface area contributed by atoms with Gasteiger partial charge in [0.25, 0.3) is 5.91 Å². The number of amides is 1. The highest BCUT2D eigenvalue weighted by Crippen LogP contribution is 2.25. The van der Waals surface area contributed by atoms with E-state index in [2.05, 4.69) is 10.1 Å². The van der Waals surface area contributed by atoms with Crippen molar-refractivity contribution < 1.29 is 19.4 Å². The largest absolute Gasteiger partial charge is 0.507 e. The van der Waals surface area contributed by atoms with Crippen molar-refractivity contribution in [3.63, 3.8) is 0 Å². The molecule has 0 aromatic heterocycles. The summed E-state index contributed by atoms with van der Waals surface area (Å²) in [6.07, 6.45) is 0. The first-order valence-corrected chi connectivity index (χ1v) is 8.44. The third-order valence-electron chi connectivity index (χ3n) is 3.99. The van der Waals surface area contributed by atoms with Crippen molar-refractivity contribution >= 4 is 29.2 Å². The summed E-state index contributed by atoms with van der Waals surface area (Å²) in [6, 6.07) is 18.6. The summed E-state index contributed by atoms with van der Waals surface area (Å²) in [6.45, 7) is 0. The molecule has 0 spiro atoms. The van der Waals surface area contributed by atoms with Gasteiger partial charge in [-0.1, -0.05) is 35.9 Å². The second-order valence-electron chi connectivity index (χ2n) is 5.76. The number of ether oxygens (including phenoxy) is 1. The molecule has 5 nitrogen and oxygen atoms in total. The van der Waals surface area contributed by atoms with E-state index in [-0.39, 0.29) is 17.3 Å². The maximum atomic E-state index is 12.3. The van der Waals surface area contributed by atoms with E-state index >= 15 is 0 Å². The van der Waals surface area contributed by atoms with Gasteiger partial charge in [0.05, 0.1) is 18.2 Å². The highest BCUT2D eigenvalue weighted by atomic mass is 35.5. The fraction of sp³-hybridized carbons (Fsp3) is 0.0476. The number of nitrogens with one attached hydrogen (secondary N) is 1. The van der Waals surface area contributed by atoms with Gasteiger partial charge in [-0.05, 0) is 53.6 Å². The second-order valence-corrected chi connectivity index (χ2v) is 6.20. The van der Waals surface area contributed by atoms with Crippen molar-refractivity contribution in [3.05, 3.63) is 82.9 Å². The van der Waals surface area contributed by atoms with E-state index in [9.17, 15) is 14.7 Å². The molecule has 136 valence electrons. The van der Waals surface area contributed by atoms with E-state index in [1.165, 1.54) is 25.3 Å². The number of carbonyl (C=O) groups excluding carboxylic acids is 2. The van der Waals surface area contributed by atoms with Gasteiger partial charge in [0, 0.05) is 10.7 Å². The molecule has 0 atom stereocenters. The minimum absolute atomic E-state index is 0.141. The van der Waals surface area contributed by atoms with E-state index < -0.39 is 5.91 Å². The van der Waals surface area contributed by atoms with Crippen molar-refractivity contribution in [2.24, 2.45) is 0 Å². The quantitative estimate of drug-likeness (QED) is 0.639. The number of benzene rings is 3. The zero-order valence-corrected chi connectivity index (χ0v) is 15.2. The fourth-order valence-corrected chi connectivity index (χ4v) is 2.72. The summed E-state index contributed by atoms with van der Waals surface area (Å²) in [5.41, 5.74) is 3.06. The molecule has 6 heteroatoms.